The molecule has 0 unspecified atom stereocenters. The number of aromatic amines is 1. The first-order valence-electron chi connectivity index (χ1n) is 9.18. The van der Waals surface area contributed by atoms with E-state index in [1.807, 2.05) is 42.5 Å². The molecule has 0 bridgehead atoms. The van der Waals surface area contributed by atoms with E-state index in [1.165, 1.54) is 4.31 Å². The fourth-order valence-corrected chi connectivity index (χ4v) is 5.52. The van der Waals surface area contributed by atoms with Crippen LogP contribution in [0.1, 0.15) is 21.7 Å². The molecule has 2 aromatic carbocycles. The molecule has 0 radical (unpaired) electrons. The van der Waals surface area contributed by atoms with Gasteiger partial charge in [0.15, 0.2) is 0 Å². The van der Waals surface area contributed by atoms with E-state index in [2.05, 4.69) is 10.2 Å². The van der Waals surface area contributed by atoms with Crippen molar-refractivity contribution in [2.45, 2.75) is 18.7 Å². The van der Waals surface area contributed by atoms with Gasteiger partial charge in [-0.1, -0.05) is 36.4 Å². The summed E-state index contributed by atoms with van der Waals surface area (Å²) in [6, 6.07) is 13.5. The number of H-pyrrole nitrogens is 1. The molecule has 0 spiro atoms. The Bertz CT molecular complexity index is 1120. The number of fused-ring (bicyclic) bond motifs is 1. The zero-order valence-electron chi connectivity index (χ0n) is 15.8. The number of hydrogen-bond donors (Lipinski definition) is 1. The van der Waals surface area contributed by atoms with Crippen LogP contribution in [0, 0.1) is 13.8 Å². The Morgan fingerprint density at radius 1 is 1.00 bits per heavy atom. The van der Waals surface area contributed by atoms with Crippen molar-refractivity contribution < 1.29 is 13.2 Å². The van der Waals surface area contributed by atoms with Gasteiger partial charge in [0.25, 0.3) is 5.91 Å². The number of aromatic nitrogens is 2. The molecule has 2 heterocycles. The quantitative estimate of drug-likeness (QED) is 0.734. The fraction of sp³-hybridized carbons (Fsp3) is 0.300. The molecule has 1 aliphatic rings. The minimum absolute atomic E-state index is 0.0653. The highest BCUT2D eigenvalue weighted by atomic mass is 32.2. The van der Waals surface area contributed by atoms with E-state index >= 15 is 0 Å². The topological polar surface area (TPSA) is 86.4 Å². The maximum Gasteiger partial charge on any atom is 0.254 e. The number of piperazine rings is 1. The lowest BCUT2D eigenvalue weighted by Crippen LogP contribution is -2.50. The Kier molecular flexibility index (Phi) is 4.68. The molecular formula is C20H22N4O3S. The predicted octanol–water partition coefficient (Wildman–Crippen LogP) is 2.33. The van der Waals surface area contributed by atoms with Gasteiger partial charge >= 0.3 is 0 Å². The first kappa shape index (κ1) is 18.6. The summed E-state index contributed by atoms with van der Waals surface area (Å²) in [7, 11) is -3.63. The third-order valence-corrected chi connectivity index (χ3v) is 7.37. The van der Waals surface area contributed by atoms with Gasteiger partial charge in [-0.25, -0.2) is 8.42 Å². The van der Waals surface area contributed by atoms with Gasteiger partial charge in [-0.2, -0.15) is 9.40 Å². The highest BCUT2D eigenvalue weighted by molar-refractivity contribution is 7.89. The summed E-state index contributed by atoms with van der Waals surface area (Å²) in [6.45, 7) is 4.63. The van der Waals surface area contributed by atoms with Crippen LogP contribution in [0.5, 0.6) is 0 Å². The molecule has 0 atom stereocenters. The summed E-state index contributed by atoms with van der Waals surface area (Å²) in [5, 5.41) is 8.65. The average Bonchev–Trinajstić information content (AvgIpc) is 3.06. The maximum atomic E-state index is 13.0. The molecule has 1 aliphatic heterocycles. The maximum absolute atomic E-state index is 13.0. The van der Waals surface area contributed by atoms with Gasteiger partial charge in [-0.3, -0.25) is 9.89 Å². The van der Waals surface area contributed by atoms with E-state index in [0.717, 1.165) is 10.8 Å². The summed E-state index contributed by atoms with van der Waals surface area (Å²) in [5.41, 5.74) is 1.65. The number of carbonyl (C=O) groups is 1. The second-order valence-corrected chi connectivity index (χ2v) is 8.86. The van der Waals surface area contributed by atoms with Gasteiger partial charge in [0.05, 0.1) is 11.4 Å². The summed E-state index contributed by atoms with van der Waals surface area (Å²) < 4.78 is 27.4. The van der Waals surface area contributed by atoms with Crippen LogP contribution < -0.4 is 0 Å². The second kappa shape index (κ2) is 7.03. The molecule has 1 amide bonds. The molecule has 146 valence electrons. The second-order valence-electron chi connectivity index (χ2n) is 6.99. The smallest absolute Gasteiger partial charge is 0.254 e. The van der Waals surface area contributed by atoms with Gasteiger partial charge in [0.1, 0.15) is 4.90 Å². The molecule has 0 aliphatic carbocycles. The number of benzene rings is 2. The lowest BCUT2D eigenvalue weighted by molar-refractivity contribution is 0.0700. The van der Waals surface area contributed by atoms with Crippen molar-refractivity contribution in [2.75, 3.05) is 26.2 Å². The van der Waals surface area contributed by atoms with Crippen LogP contribution in [0.25, 0.3) is 10.8 Å². The minimum atomic E-state index is -3.63. The van der Waals surface area contributed by atoms with Crippen LogP contribution >= 0.6 is 0 Å². The number of rotatable bonds is 3. The van der Waals surface area contributed by atoms with E-state index < -0.39 is 10.0 Å². The largest absolute Gasteiger partial charge is 0.336 e. The minimum Gasteiger partial charge on any atom is -0.336 e. The Hall–Kier alpha value is -2.71. The third kappa shape index (κ3) is 3.08. The van der Waals surface area contributed by atoms with Crippen LogP contribution in [-0.4, -0.2) is 59.9 Å². The lowest BCUT2D eigenvalue weighted by atomic mass is 10.0. The first-order valence-corrected chi connectivity index (χ1v) is 10.6. The SMILES string of the molecule is Cc1n[nH]c(C)c1S(=O)(=O)N1CCN(C(=O)c2cccc3ccccc23)CC1. The molecule has 4 rings (SSSR count). The summed E-state index contributed by atoms with van der Waals surface area (Å²) in [5.74, 6) is -0.0653. The van der Waals surface area contributed by atoms with Crippen molar-refractivity contribution in [2.24, 2.45) is 0 Å². The predicted molar refractivity (Wildman–Crippen MR) is 107 cm³/mol. The van der Waals surface area contributed by atoms with Crippen molar-refractivity contribution >= 4 is 26.7 Å². The van der Waals surface area contributed by atoms with Gasteiger partial charge in [-0.05, 0) is 30.7 Å². The standard InChI is InChI=1S/C20H22N4O3S/c1-14-19(15(2)22-21-14)28(26,27)24-12-10-23(11-13-24)20(25)18-9-5-7-16-6-3-4-8-17(16)18/h3-9H,10-13H2,1-2H3,(H,21,22). The highest BCUT2D eigenvalue weighted by Crippen LogP contribution is 2.24. The number of hydrogen-bond acceptors (Lipinski definition) is 4. The van der Waals surface area contributed by atoms with Crippen molar-refractivity contribution in [3.63, 3.8) is 0 Å². The zero-order chi connectivity index (χ0) is 19.9. The molecule has 1 aromatic heterocycles. The third-order valence-electron chi connectivity index (χ3n) is 5.20. The van der Waals surface area contributed by atoms with Crippen LogP contribution in [0.3, 0.4) is 0 Å². The molecular weight excluding hydrogens is 376 g/mol. The Balaban J connectivity index is 1.53. The summed E-state index contributed by atoms with van der Waals surface area (Å²) in [4.78, 5) is 15.0. The molecule has 7 nitrogen and oxygen atoms in total. The highest BCUT2D eigenvalue weighted by Gasteiger charge is 2.33. The molecule has 8 heteroatoms. The summed E-state index contributed by atoms with van der Waals surface area (Å²) in [6.07, 6.45) is 0. The van der Waals surface area contributed by atoms with Gasteiger partial charge < -0.3 is 4.90 Å². The lowest BCUT2D eigenvalue weighted by Gasteiger charge is -2.34. The number of amides is 1. The summed E-state index contributed by atoms with van der Waals surface area (Å²) >= 11 is 0. The zero-order valence-corrected chi connectivity index (χ0v) is 16.7. The van der Waals surface area contributed by atoms with E-state index in [1.54, 1.807) is 18.7 Å². The fourth-order valence-electron chi connectivity index (χ4n) is 3.76. The van der Waals surface area contributed by atoms with Gasteiger partial charge in [0, 0.05) is 31.7 Å². The number of nitrogens with zero attached hydrogens (tertiary/aromatic N) is 3. The van der Waals surface area contributed by atoms with Crippen LogP contribution in [0.2, 0.25) is 0 Å². The van der Waals surface area contributed by atoms with Crippen LogP contribution in [-0.2, 0) is 10.0 Å². The number of nitrogens with one attached hydrogen (secondary N) is 1. The molecule has 1 N–H and O–H groups in total. The van der Waals surface area contributed by atoms with Crippen LogP contribution in [0.4, 0.5) is 0 Å². The monoisotopic (exact) mass is 398 g/mol. The van der Waals surface area contributed by atoms with Crippen molar-refractivity contribution in [1.29, 1.82) is 0 Å². The number of aryl methyl sites for hydroxylation is 2. The van der Waals surface area contributed by atoms with Crippen molar-refractivity contribution in [1.82, 2.24) is 19.4 Å². The normalized spacial score (nSPS) is 15.9. The Labute approximate surface area is 164 Å². The van der Waals surface area contributed by atoms with E-state index in [-0.39, 0.29) is 23.9 Å². The molecule has 3 aromatic rings. The Morgan fingerprint density at radius 3 is 2.36 bits per heavy atom. The van der Waals surface area contributed by atoms with Gasteiger partial charge in [-0.15, -0.1) is 0 Å². The molecule has 28 heavy (non-hydrogen) atoms. The average molecular weight is 398 g/mol. The Morgan fingerprint density at radius 2 is 1.68 bits per heavy atom. The van der Waals surface area contributed by atoms with E-state index in [4.69, 9.17) is 0 Å². The van der Waals surface area contributed by atoms with E-state index in [9.17, 15) is 13.2 Å². The molecule has 0 saturated carbocycles. The molecule has 1 saturated heterocycles. The van der Waals surface area contributed by atoms with Gasteiger partial charge in [0.2, 0.25) is 10.0 Å². The van der Waals surface area contributed by atoms with Crippen LogP contribution in [0.15, 0.2) is 47.4 Å². The van der Waals surface area contributed by atoms with Crippen molar-refractivity contribution in [3.8, 4) is 0 Å². The van der Waals surface area contributed by atoms with Crippen molar-refractivity contribution in [3.05, 3.63) is 59.4 Å². The first-order chi connectivity index (χ1) is 13.4. The van der Waals surface area contributed by atoms with E-state index in [0.29, 0.717) is 30.0 Å². The number of sulfonamides is 1. The number of carbonyl (C=O) groups excluding carboxylic acids is 1. The molecule has 1 fully saturated rings.